The van der Waals surface area contributed by atoms with E-state index in [4.69, 9.17) is 23.7 Å². The average molecular weight is 295 g/mol. The Bertz CT molecular complexity index is 535. The summed E-state index contributed by atoms with van der Waals surface area (Å²) in [5.41, 5.74) is 12.2. The Hall–Kier alpha value is -1.53. The molecule has 1 heterocycles. The van der Waals surface area contributed by atoms with Crippen LogP contribution in [0.3, 0.4) is 0 Å². The van der Waals surface area contributed by atoms with Crippen molar-refractivity contribution >= 4 is 23.1 Å². The van der Waals surface area contributed by atoms with Crippen LogP contribution in [0, 0.1) is 11.7 Å². The highest BCUT2D eigenvalue weighted by Gasteiger charge is 2.24. The molecular weight excluding hydrogens is 277 g/mol. The molecule has 1 aromatic carbocycles. The summed E-state index contributed by atoms with van der Waals surface area (Å²) in [4.78, 5) is 13.5. The Balaban J connectivity index is 2.09. The number of nitrogens with zero attached hydrogens (tertiary/aromatic N) is 1. The van der Waals surface area contributed by atoms with Crippen molar-refractivity contribution in [2.75, 3.05) is 13.1 Å². The molecule has 0 aliphatic carbocycles. The van der Waals surface area contributed by atoms with Crippen LogP contribution in [-0.4, -0.2) is 28.9 Å². The second kappa shape index (κ2) is 6.28. The van der Waals surface area contributed by atoms with Crippen LogP contribution in [0.4, 0.5) is 4.39 Å². The van der Waals surface area contributed by atoms with Gasteiger partial charge in [-0.3, -0.25) is 9.69 Å². The number of hydrogen-bond donors (Lipinski definition) is 2. The molecule has 1 unspecified atom stereocenters. The first-order chi connectivity index (χ1) is 9.45. The summed E-state index contributed by atoms with van der Waals surface area (Å²) in [7, 11) is 0. The molecule has 0 aromatic heterocycles. The van der Waals surface area contributed by atoms with Crippen molar-refractivity contribution in [3.8, 4) is 0 Å². The zero-order valence-corrected chi connectivity index (χ0v) is 12.0. The maximum atomic E-state index is 13.5. The molecule has 0 bridgehead atoms. The normalized spacial score (nSPS) is 19.8. The lowest BCUT2D eigenvalue weighted by molar-refractivity contribution is -0.123. The standard InChI is InChI=1S/C14H18FN3OS/c15-12-5-9(4-11(6-12)14(17)20)7-18-3-1-2-10(8-18)13(16)19/h4-6,10H,1-3,7-8H2,(H2,16,19)(H2,17,20). The molecule has 1 fully saturated rings. The predicted molar refractivity (Wildman–Crippen MR) is 79.5 cm³/mol. The van der Waals surface area contributed by atoms with E-state index in [0.717, 1.165) is 24.9 Å². The van der Waals surface area contributed by atoms with Gasteiger partial charge >= 0.3 is 0 Å². The number of carbonyl (C=O) groups is 1. The molecule has 1 atom stereocenters. The number of thiocarbonyl (C=S) groups is 1. The van der Waals surface area contributed by atoms with Gasteiger partial charge in [0.05, 0.1) is 5.92 Å². The van der Waals surface area contributed by atoms with Crippen LogP contribution < -0.4 is 11.5 Å². The SMILES string of the molecule is NC(=O)C1CCCN(Cc2cc(F)cc(C(N)=S)c2)C1. The van der Waals surface area contributed by atoms with Crippen LogP contribution in [0.2, 0.25) is 0 Å². The van der Waals surface area contributed by atoms with Crippen LogP contribution in [0.15, 0.2) is 18.2 Å². The third-order valence-electron chi connectivity index (χ3n) is 3.56. The fourth-order valence-corrected chi connectivity index (χ4v) is 2.69. The van der Waals surface area contributed by atoms with Gasteiger partial charge in [-0.25, -0.2) is 4.39 Å². The van der Waals surface area contributed by atoms with E-state index < -0.39 is 0 Å². The smallest absolute Gasteiger partial charge is 0.221 e. The lowest BCUT2D eigenvalue weighted by Gasteiger charge is -2.31. The van der Waals surface area contributed by atoms with E-state index in [9.17, 15) is 9.18 Å². The topological polar surface area (TPSA) is 72.4 Å². The van der Waals surface area contributed by atoms with Gasteiger partial charge in [0, 0.05) is 18.7 Å². The van der Waals surface area contributed by atoms with Gasteiger partial charge in [0.2, 0.25) is 5.91 Å². The molecule has 0 saturated carbocycles. The summed E-state index contributed by atoms with van der Waals surface area (Å²) in [6.07, 6.45) is 1.75. The first kappa shape index (κ1) is 14.9. The van der Waals surface area contributed by atoms with E-state index in [1.807, 2.05) is 0 Å². The van der Waals surface area contributed by atoms with Gasteiger partial charge < -0.3 is 11.5 Å². The molecule has 4 N–H and O–H groups in total. The molecule has 1 amide bonds. The molecule has 108 valence electrons. The van der Waals surface area contributed by atoms with Crippen molar-refractivity contribution in [1.29, 1.82) is 0 Å². The summed E-state index contributed by atoms with van der Waals surface area (Å²) in [6.45, 7) is 2.06. The number of primary amides is 1. The average Bonchev–Trinajstić information content (AvgIpc) is 2.38. The van der Waals surface area contributed by atoms with Crippen molar-refractivity contribution in [1.82, 2.24) is 4.90 Å². The van der Waals surface area contributed by atoms with E-state index in [1.165, 1.54) is 12.1 Å². The highest BCUT2D eigenvalue weighted by Crippen LogP contribution is 2.19. The Morgan fingerprint density at radius 1 is 1.40 bits per heavy atom. The second-order valence-corrected chi connectivity index (χ2v) is 5.63. The fraction of sp³-hybridized carbons (Fsp3) is 0.429. The number of likely N-dealkylation sites (tertiary alicyclic amines) is 1. The lowest BCUT2D eigenvalue weighted by atomic mass is 9.97. The molecule has 20 heavy (non-hydrogen) atoms. The Labute approximate surface area is 122 Å². The minimum Gasteiger partial charge on any atom is -0.389 e. The zero-order chi connectivity index (χ0) is 14.7. The van der Waals surface area contributed by atoms with Gasteiger partial charge in [-0.05, 0) is 43.1 Å². The third-order valence-corrected chi connectivity index (χ3v) is 3.79. The van der Waals surface area contributed by atoms with Crippen molar-refractivity contribution in [2.24, 2.45) is 17.4 Å². The Morgan fingerprint density at radius 3 is 2.80 bits per heavy atom. The Kier molecular flexibility index (Phi) is 4.67. The number of carbonyl (C=O) groups excluding carboxylic acids is 1. The van der Waals surface area contributed by atoms with Crippen molar-refractivity contribution < 1.29 is 9.18 Å². The van der Waals surface area contributed by atoms with Crippen LogP contribution in [0.25, 0.3) is 0 Å². The maximum Gasteiger partial charge on any atom is 0.221 e. The summed E-state index contributed by atoms with van der Waals surface area (Å²) in [5.74, 6) is -0.737. The number of hydrogen-bond acceptors (Lipinski definition) is 3. The molecule has 1 aromatic rings. The highest BCUT2D eigenvalue weighted by molar-refractivity contribution is 7.80. The number of nitrogens with two attached hydrogens (primary N) is 2. The van der Waals surface area contributed by atoms with Crippen LogP contribution in [0.5, 0.6) is 0 Å². The molecule has 1 aliphatic rings. The number of amides is 1. The maximum absolute atomic E-state index is 13.5. The summed E-state index contributed by atoms with van der Waals surface area (Å²) in [5, 5.41) is 0. The summed E-state index contributed by atoms with van der Waals surface area (Å²) >= 11 is 4.87. The second-order valence-electron chi connectivity index (χ2n) is 5.19. The van der Waals surface area contributed by atoms with Crippen LogP contribution in [0.1, 0.15) is 24.0 Å². The van der Waals surface area contributed by atoms with Gasteiger partial charge in [0.1, 0.15) is 10.8 Å². The van der Waals surface area contributed by atoms with Gasteiger partial charge in [0.15, 0.2) is 0 Å². The quantitative estimate of drug-likeness (QED) is 0.818. The molecule has 0 spiro atoms. The minimum atomic E-state index is -0.353. The molecule has 0 radical (unpaired) electrons. The highest BCUT2D eigenvalue weighted by atomic mass is 32.1. The van der Waals surface area contributed by atoms with E-state index in [-0.39, 0.29) is 22.6 Å². The van der Waals surface area contributed by atoms with E-state index >= 15 is 0 Å². The van der Waals surface area contributed by atoms with Gasteiger partial charge in [0.25, 0.3) is 0 Å². The van der Waals surface area contributed by atoms with Crippen LogP contribution >= 0.6 is 12.2 Å². The summed E-state index contributed by atoms with van der Waals surface area (Å²) in [6, 6.07) is 4.59. The predicted octanol–water partition coefficient (Wildman–Crippen LogP) is 1.16. The fourth-order valence-electron chi connectivity index (χ4n) is 2.57. The van der Waals surface area contributed by atoms with Crippen molar-refractivity contribution in [3.63, 3.8) is 0 Å². The first-order valence-electron chi connectivity index (χ1n) is 6.56. The number of rotatable bonds is 4. The number of halogens is 1. The largest absolute Gasteiger partial charge is 0.389 e. The van der Waals surface area contributed by atoms with E-state index in [0.29, 0.717) is 18.7 Å². The molecule has 6 heteroatoms. The van der Waals surface area contributed by atoms with Gasteiger partial charge in [-0.15, -0.1) is 0 Å². The van der Waals surface area contributed by atoms with Gasteiger partial charge in [-0.1, -0.05) is 12.2 Å². The molecule has 2 rings (SSSR count). The van der Waals surface area contributed by atoms with Crippen molar-refractivity contribution in [2.45, 2.75) is 19.4 Å². The van der Waals surface area contributed by atoms with Crippen molar-refractivity contribution in [3.05, 3.63) is 35.1 Å². The molecule has 1 saturated heterocycles. The molecule has 1 aliphatic heterocycles. The lowest BCUT2D eigenvalue weighted by Crippen LogP contribution is -2.40. The zero-order valence-electron chi connectivity index (χ0n) is 11.1. The number of piperidine rings is 1. The van der Waals surface area contributed by atoms with E-state index in [1.54, 1.807) is 6.07 Å². The minimum absolute atomic E-state index is 0.118. The third kappa shape index (κ3) is 3.74. The van der Waals surface area contributed by atoms with Gasteiger partial charge in [-0.2, -0.15) is 0 Å². The molecule has 4 nitrogen and oxygen atoms in total. The Morgan fingerprint density at radius 2 is 2.15 bits per heavy atom. The van der Waals surface area contributed by atoms with Crippen LogP contribution in [-0.2, 0) is 11.3 Å². The molecular formula is C14H18FN3OS. The number of benzene rings is 1. The first-order valence-corrected chi connectivity index (χ1v) is 6.97. The van der Waals surface area contributed by atoms with E-state index in [2.05, 4.69) is 4.90 Å². The monoisotopic (exact) mass is 295 g/mol. The summed E-state index contributed by atoms with van der Waals surface area (Å²) < 4.78 is 13.5.